The number of aliphatic imine (C=N–C) groups is 1. The third-order valence-electron chi connectivity index (χ3n) is 3.53. The summed E-state index contributed by atoms with van der Waals surface area (Å²) < 4.78 is 1.82. The smallest absolute Gasteiger partial charge is 0.194 e. The van der Waals surface area contributed by atoms with E-state index in [-0.39, 0.29) is 24.0 Å². The first-order chi connectivity index (χ1) is 10.2. The first kappa shape index (κ1) is 19.5. The number of aromatic nitrogens is 3. The van der Waals surface area contributed by atoms with Gasteiger partial charge in [-0.05, 0) is 12.8 Å². The molecule has 0 aromatic carbocycles. The van der Waals surface area contributed by atoms with Crippen molar-refractivity contribution < 1.29 is 0 Å². The van der Waals surface area contributed by atoms with Crippen molar-refractivity contribution in [2.75, 3.05) is 31.9 Å². The summed E-state index contributed by atoms with van der Waals surface area (Å²) in [5, 5.41) is 8.21. The van der Waals surface area contributed by atoms with E-state index in [9.17, 15) is 0 Å². The van der Waals surface area contributed by atoms with Gasteiger partial charge in [-0.2, -0.15) is 16.9 Å². The third kappa shape index (κ3) is 5.94. The van der Waals surface area contributed by atoms with E-state index in [1.54, 1.807) is 12.7 Å². The lowest BCUT2D eigenvalue weighted by Gasteiger charge is -2.36. The first-order valence-electron chi connectivity index (χ1n) is 7.68. The summed E-state index contributed by atoms with van der Waals surface area (Å²) in [6, 6.07) is 0. The zero-order valence-electron chi connectivity index (χ0n) is 13.6. The molecule has 1 N–H and O–H groups in total. The van der Waals surface area contributed by atoms with Crippen LogP contribution in [0.25, 0.3) is 0 Å². The molecular weight excluding hydrogens is 411 g/mol. The molecule has 2 heterocycles. The second kappa shape index (κ2) is 10.3. The Bertz CT molecular complexity index is 437. The zero-order valence-corrected chi connectivity index (χ0v) is 16.8. The minimum atomic E-state index is 0. The highest BCUT2D eigenvalue weighted by Gasteiger charge is 2.24. The molecule has 1 aliphatic heterocycles. The Morgan fingerprint density at radius 3 is 2.95 bits per heavy atom. The largest absolute Gasteiger partial charge is 0.357 e. The molecule has 1 unspecified atom stereocenters. The van der Waals surface area contributed by atoms with E-state index < -0.39 is 0 Å². The molecule has 126 valence electrons. The normalized spacial score (nSPS) is 19.2. The Hall–Kier alpha value is -0.510. The van der Waals surface area contributed by atoms with Gasteiger partial charge in [0.05, 0.1) is 13.1 Å². The average Bonchev–Trinajstić information content (AvgIpc) is 3.00. The van der Waals surface area contributed by atoms with E-state index in [4.69, 9.17) is 4.99 Å². The summed E-state index contributed by atoms with van der Waals surface area (Å²) in [5.74, 6) is 2.91. The Balaban J connectivity index is 0.00000242. The predicted octanol–water partition coefficient (Wildman–Crippen LogP) is 1.93. The Kier molecular flexibility index (Phi) is 9.15. The van der Waals surface area contributed by atoms with Crippen molar-refractivity contribution >= 4 is 41.7 Å². The fraction of sp³-hybridized carbons (Fsp3) is 0.786. The van der Waals surface area contributed by atoms with Crippen molar-refractivity contribution in [3.8, 4) is 0 Å². The molecule has 1 aromatic heterocycles. The Morgan fingerprint density at radius 2 is 2.32 bits per heavy atom. The lowest BCUT2D eigenvalue weighted by atomic mass is 10.1. The van der Waals surface area contributed by atoms with Crippen LogP contribution in [0.2, 0.25) is 0 Å². The Labute approximate surface area is 154 Å². The van der Waals surface area contributed by atoms with Crippen molar-refractivity contribution in [1.29, 1.82) is 0 Å². The standard InChI is InChI=1S/C14H26N6S.HI/c1-4-16-14(17-5-6-20-11-15-10-18-20)19-7-8-21-13(9-19)12(2)3;/h10-13H,4-9H2,1-3H3,(H,16,17);1H. The summed E-state index contributed by atoms with van der Waals surface area (Å²) in [7, 11) is 0. The predicted molar refractivity (Wildman–Crippen MR) is 104 cm³/mol. The van der Waals surface area contributed by atoms with E-state index >= 15 is 0 Å². The van der Waals surface area contributed by atoms with Crippen LogP contribution in [0.1, 0.15) is 20.8 Å². The molecule has 1 saturated heterocycles. The quantitative estimate of drug-likeness (QED) is 0.433. The zero-order chi connectivity index (χ0) is 15.1. The number of nitrogens with zero attached hydrogens (tertiary/aromatic N) is 5. The molecule has 0 amide bonds. The topological polar surface area (TPSA) is 58.3 Å². The third-order valence-corrected chi connectivity index (χ3v) is 5.07. The van der Waals surface area contributed by atoms with Crippen molar-refractivity contribution in [1.82, 2.24) is 25.0 Å². The van der Waals surface area contributed by atoms with E-state index in [1.807, 2.05) is 4.68 Å². The average molecular weight is 438 g/mol. The maximum Gasteiger partial charge on any atom is 0.194 e. The lowest BCUT2D eigenvalue weighted by Crippen LogP contribution is -2.49. The van der Waals surface area contributed by atoms with E-state index in [0.717, 1.165) is 38.7 Å². The van der Waals surface area contributed by atoms with Crippen LogP contribution in [0.4, 0.5) is 0 Å². The molecule has 1 aromatic rings. The summed E-state index contributed by atoms with van der Waals surface area (Å²) >= 11 is 2.09. The van der Waals surface area contributed by atoms with Gasteiger partial charge < -0.3 is 10.2 Å². The number of hydrogen-bond donors (Lipinski definition) is 1. The van der Waals surface area contributed by atoms with Crippen LogP contribution in [0.3, 0.4) is 0 Å². The number of halogens is 1. The van der Waals surface area contributed by atoms with Gasteiger partial charge in [0.1, 0.15) is 12.7 Å². The number of guanidine groups is 1. The molecule has 0 spiro atoms. The molecule has 1 fully saturated rings. The van der Waals surface area contributed by atoms with Crippen molar-refractivity contribution in [2.24, 2.45) is 10.9 Å². The first-order valence-corrected chi connectivity index (χ1v) is 8.72. The van der Waals surface area contributed by atoms with Crippen LogP contribution < -0.4 is 5.32 Å². The summed E-state index contributed by atoms with van der Waals surface area (Å²) in [6.07, 6.45) is 3.29. The van der Waals surface area contributed by atoms with Crippen LogP contribution in [0.5, 0.6) is 0 Å². The maximum atomic E-state index is 4.74. The number of thioether (sulfide) groups is 1. The SMILES string of the molecule is CCNC(=NCCn1cncn1)N1CCSC(C(C)C)C1.I. The molecule has 1 aliphatic rings. The highest BCUT2D eigenvalue weighted by Crippen LogP contribution is 2.24. The van der Waals surface area contributed by atoms with Crippen LogP contribution in [0, 0.1) is 5.92 Å². The minimum Gasteiger partial charge on any atom is -0.357 e. The van der Waals surface area contributed by atoms with Gasteiger partial charge in [-0.25, -0.2) is 4.98 Å². The number of rotatable bonds is 5. The van der Waals surface area contributed by atoms with Crippen LogP contribution in [0.15, 0.2) is 17.6 Å². The summed E-state index contributed by atoms with van der Waals surface area (Å²) in [4.78, 5) is 11.1. The van der Waals surface area contributed by atoms with Gasteiger partial charge >= 0.3 is 0 Å². The monoisotopic (exact) mass is 438 g/mol. The van der Waals surface area contributed by atoms with Gasteiger partial charge in [-0.1, -0.05) is 13.8 Å². The molecule has 22 heavy (non-hydrogen) atoms. The summed E-state index contributed by atoms with van der Waals surface area (Å²) in [5.41, 5.74) is 0. The summed E-state index contributed by atoms with van der Waals surface area (Å²) in [6.45, 7) is 11.3. The highest BCUT2D eigenvalue weighted by molar-refractivity contribution is 14.0. The molecule has 0 saturated carbocycles. The molecule has 0 radical (unpaired) electrons. The van der Waals surface area contributed by atoms with Crippen LogP contribution in [-0.4, -0.2) is 62.8 Å². The lowest BCUT2D eigenvalue weighted by molar-refractivity contribution is 0.380. The second-order valence-electron chi connectivity index (χ2n) is 5.49. The molecule has 0 aliphatic carbocycles. The number of nitrogens with one attached hydrogen (secondary N) is 1. The van der Waals surface area contributed by atoms with E-state index in [1.165, 1.54) is 5.75 Å². The van der Waals surface area contributed by atoms with Crippen LogP contribution in [-0.2, 0) is 6.54 Å². The van der Waals surface area contributed by atoms with Gasteiger partial charge in [0.15, 0.2) is 5.96 Å². The van der Waals surface area contributed by atoms with E-state index in [2.05, 4.69) is 52.8 Å². The molecule has 8 heteroatoms. The van der Waals surface area contributed by atoms with Gasteiger partial charge in [0.2, 0.25) is 0 Å². The van der Waals surface area contributed by atoms with Crippen LogP contribution >= 0.6 is 35.7 Å². The van der Waals surface area contributed by atoms with Crippen molar-refractivity contribution in [3.05, 3.63) is 12.7 Å². The van der Waals surface area contributed by atoms with Gasteiger partial charge in [0, 0.05) is 30.6 Å². The van der Waals surface area contributed by atoms with Gasteiger partial charge in [-0.15, -0.1) is 24.0 Å². The Morgan fingerprint density at radius 1 is 1.50 bits per heavy atom. The molecule has 6 nitrogen and oxygen atoms in total. The second-order valence-corrected chi connectivity index (χ2v) is 6.84. The van der Waals surface area contributed by atoms with E-state index in [0.29, 0.717) is 11.2 Å². The minimum absolute atomic E-state index is 0. The molecular formula is C14H27IN6S. The fourth-order valence-electron chi connectivity index (χ4n) is 2.30. The van der Waals surface area contributed by atoms with Crippen molar-refractivity contribution in [3.63, 3.8) is 0 Å². The van der Waals surface area contributed by atoms with Crippen molar-refractivity contribution in [2.45, 2.75) is 32.6 Å². The fourth-order valence-corrected chi connectivity index (χ4v) is 3.60. The highest BCUT2D eigenvalue weighted by atomic mass is 127. The van der Waals surface area contributed by atoms with Gasteiger partial charge in [-0.3, -0.25) is 9.67 Å². The maximum absolute atomic E-state index is 4.74. The molecule has 1 atom stereocenters. The molecule has 0 bridgehead atoms. The van der Waals surface area contributed by atoms with Gasteiger partial charge in [0.25, 0.3) is 0 Å². The number of hydrogen-bond acceptors (Lipinski definition) is 4. The molecule has 2 rings (SSSR count).